The molecule has 1 saturated carbocycles. The number of aryl methyl sites for hydroxylation is 2. The van der Waals surface area contributed by atoms with Gasteiger partial charge in [0.05, 0.1) is 19.1 Å². The van der Waals surface area contributed by atoms with E-state index >= 15 is 0 Å². The molecule has 0 radical (unpaired) electrons. The number of rotatable bonds is 12. The van der Waals surface area contributed by atoms with Crippen LogP contribution in [0.25, 0.3) is 0 Å². The van der Waals surface area contributed by atoms with E-state index in [0.29, 0.717) is 32.4 Å². The third-order valence-corrected chi connectivity index (χ3v) is 7.74. The Balaban J connectivity index is 1.81. The molecule has 9 heteroatoms. The van der Waals surface area contributed by atoms with Gasteiger partial charge in [0.15, 0.2) is 0 Å². The second-order valence-corrected chi connectivity index (χ2v) is 10.4. The SMILES string of the molecule is CN=C(C/C(C)=C(\O)CC(CCc1cc(C)ncc1OC)(OC=O)C1CCCC1)NN1CN=C(C)C=C1C. The largest absolute Gasteiger partial charge is 0.512 e. The smallest absolute Gasteiger partial charge is 0.293 e. The van der Waals surface area contributed by atoms with Gasteiger partial charge in [-0.05, 0) is 82.6 Å². The van der Waals surface area contributed by atoms with Gasteiger partial charge >= 0.3 is 0 Å². The second kappa shape index (κ2) is 13.4. The van der Waals surface area contributed by atoms with Gasteiger partial charge in [-0.25, -0.2) is 0 Å². The standard InChI is InChI=1S/C29H43N5O4/c1-20(13-28(30-5)33-34-18-32-21(2)14-23(34)4)26(36)16-29(38-19-35,25-9-7-8-10-25)12-11-24-15-22(3)31-17-27(24)37-6/h14-15,17,19,25,36H,7-13,16,18H2,1-6H3,(H,30,33)/b26-20-. The summed E-state index contributed by atoms with van der Waals surface area (Å²) in [5, 5.41) is 13.3. The van der Waals surface area contributed by atoms with E-state index in [1.165, 1.54) is 0 Å². The summed E-state index contributed by atoms with van der Waals surface area (Å²) < 4.78 is 11.5. The first kappa shape index (κ1) is 29.2. The zero-order chi connectivity index (χ0) is 27.7. The Hall–Kier alpha value is -3.36. The molecule has 1 unspecified atom stereocenters. The summed E-state index contributed by atoms with van der Waals surface area (Å²) in [6, 6.07) is 2.01. The van der Waals surface area contributed by atoms with Crippen LogP contribution in [0.3, 0.4) is 0 Å². The average molecular weight is 526 g/mol. The van der Waals surface area contributed by atoms with Crippen molar-refractivity contribution in [2.24, 2.45) is 15.9 Å². The maximum atomic E-state index is 11.8. The predicted molar refractivity (Wildman–Crippen MR) is 150 cm³/mol. The normalized spacial score (nSPS) is 18.8. The molecule has 2 aliphatic rings. The number of carbonyl (C=O) groups is 1. The zero-order valence-electron chi connectivity index (χ0n) is 23.7. The molecule has 0 spiro atoms. The number of aliphatic hydroxyl groups excluding tert-OH is 1. The Bertz CT molecular complexity index is 1100. The van der Waals surface area contributed by atoms with E-state index < -0.39 is 5.60 Å². The number of amidine groups is 1. The minimum atomic E-state index is -0.804. The zero-order valence-corrected chi connectivity index (χ0v) is 23.7. The lowest BCUT2D eigenvalue weighted by atomic mass is 9.77. The van der Waals surface area contributed by atoms with E-state index in [4.69, 9.17) is 9.47 Å². The van der Waals surface area contributed by atoms with Gasteiger partial charge in [0.25, 0.3) is 6.47 Å². The molecular formula is C29H43N5O4. The quantitative estimate of drug-likeness (QED) is 0.167. The van der Waals surface area contributed by atoms with E-state index in [0.717, 1.165) is 65.5 Å². The van der Waals surface area contributed by atoms with Crippen molar-refractivity contribution in [3.63, 3.8) is 0 Å². The highest BCUT2D eigenvalue weighted by Crippen LogP contribution is 2.43. The number of aromatic nitrogens is 1. The molecular weight excluding hydrogens is 482 g/mol. The molecule has 208 valence electrons. The highest BCUT2D eigenvalue weighted by Gasteiger charge is 2.43. The van der Waals surface area contributed by atoms with Gasteiger partial charge < -0.3 is 14.6 Å². The van der Waals surface area contributed by atoms with Crippen LogP contribution < -0.4 is 10.2 Å². The van der Waals surface area contributed by atoms with Crippen LogP contribution in [0.5, 0.6) is 5.75 Å². The maximum absolute atomic E-state index is 11.8. The van der Waals surface area contributed by atoms with Crippen LogP contribution in [-0.4, -0.2) is 59.5 Å². The van der Waals surface area contributed by atoms with E-state index in [2.05, 4.69) is 20.4 Å². The summed E-state index contributed by atoms with van der Waals surface area (Å²) in [4.78, 5) is 25.0. The fraction of sp³-hybridized carbons (Fsp3) is 0.586. The molecule has 0 aromatic carbocycles. The Morgan fingerprint density at radius 1 is 1.32 bits per heavy atom. The molecule has 9 nitrogen and oxygen atoms in total. The topological polar surface area (TPSA) is 109 Å². The Kier molecular flexibility index (Phi) is 10.3. The lowest BCUT2D eigenvalue weighted by Gasteiger charge is -2.38. The lowest BCUT2D eigenvalue weighted by molar-refractivity contribution is -0.152. The average Bonchev–Trinajstić information content (AvgIpc) is 3.44. The number of carbonyl (C=O) groups excluding carboxylic acids is 1. The summed E-state index contributed by atoms with van der Waals surface area (Å²) in [5.74, 6) is 1.85. The van der Waals surface area contributed by atoms with Crippen molar-refractivity contribution in [3.8, 4) is 5.75 Å². The lowest BCUT2D eigenvalue weighted by Crippen LogP contribution is -2.43. The van der Waals surface area contributed by atoms with Crippen LogP contribution >= 0.6 is 0 Å². The first-order valence-corrected chi connectivity index (χ1v) is 13.4. The molecule has 0 bridgehead atoms. The number of hydrogen-bond acceptors (Lipinski definition) is 8. The number of nitrogens with one attached hydrogen (secondary N) is 1. The summed E-state index contributed by atoms with van der Waals surface area (Å²) in [7, 11) is 3.36. The number of allylic oxidation sites excluding steroid dienone is 2. The van der Waals surface area contributed by atoms with Crippen molar-refractivity contribution in [2.75, 3.05) is 20.8 Å². The van der Waals surface area contributed by atoms with Crippen molar-refractivity contribution in [2.45, 2.75) is 84.7 Å². The third-order valence-electron chi connectivity index (χ3n) is 7.74. The summed E-state index contributed by atoms with van der Waals surface area (Å²) in [6.07, 6.45) is 9.79. The number of aliphatic hydroxyl groups is 1. The molecule has 0 amide bonds. The van der Waals surface area contributed by atoms with Crippen LogP contribution in [0, 0.1) is 12.8 Å². The summed E-state index contributed by atoms with van der Waals surface area (Å²) in [6.45, 7) is 8.89. The molecule has 1 aliphatic heterocycles. The molecule has 1 aromatic rings. The van der Waals surface area contributed by atoms with Gasteiger partial charge in [-0.3, -0.25) is 30.2 Å². The fourth-order valence-electron chi connectivity index (χ4n) is 5.47. The highest BCUT2D eigenvalue weighted by atomic mass is 16.5. The fourth-order valence-corrected chi connectivity index (χ4v) is 5.47. The van der Waals surface area contributed by atoms with Crippen molar-refractivity contribution < 1.29 is 19.4 Å². The Morgan fingerprint density at radius 3 is 2.68 bits per heavy atom. The third kappa shape index (κ3) is 7.36. The van der Waals surface area contributed by atoms with Gasteiger partial charge in [0.1, 0.15) is 23.9 Å². The van der Waals surface area contributed by atoms with E-state index in [9.17, 15) is 9.90 Å². The Morgan fingerprint density at radius 2 is 2.05 bits per heavy atom. The predicted octanol–water partition coefficient (Wildman–Crippen LogP) is 5.22. The van der Waals surface area contributed by atoms with E-state index in [1.54, 1.807) is 20.4 Å². The molecule has 2 N–H and O–H groups in total. The van der Waals surface area contributed by atoms with E-state index in [-0.39, 0.29) is 18.1 Å². The van der Waals surface area contributed by atoms with Crippen molar-refractivity contribution in [3.05, 3.63) is 46.6 Å². The van der Waals surface area contributed by atoms with Gasteiger partial charge in [-0.2, -0.15) is 0 Å². The number of pyridine rings is 1. The Labute approximate surface area is 226 Å². The van der Waals surface area contributed by atoms with Gasteiger partial charge in [-0.15, -0.1) is 0 Å². The van der Waals surface area contributed by atoms with Crippen LogP contribution in [0.4, 0.5) is 0 Å². The minimum absolute atomic E-state index is 0.177. The number of hydrazine groups is 1. The molecule has 3 rings (SSSR count). The minimum Gasteiger partial charge on any atom is -0.512 e. The monoisotopic (exact) mass is 525 g/mol. The first-order chi connectivity index (χ1) is 18.2. The molecule has 0 saturated heterocycles. The first-order valence-electron chi connectivity index (χ1n) is 13.4. The number of aliphatic imine (C=N–C) groups is 2. The van der Waals surface area contributed by atoms with Crippen LogP contribution in [0.15, 0.2) is 45.4 Å². The number of ether oxygens (including phenoxy) is 2. The maximum Gasteiger partial charge on any atom is 0.293 e. The van der Waals surface area contributed by atoms with E-state index in [1.807, 2.05) is 44.8 Å². The molecule has 1 aromatic heterocycles. The number of nitrogens with zero attached hydrogens (tertiary/aromatic N) is 4. The van der Waals surface area contributed by atoms with Crippen molar-refractivity contribution in [1.29, 1.82) is 0 Å². The van der Waals surface area contributed by atoms with Crippen molar-refractivity contribution in [1.82, 2.24) is 15.4 Å². The number of methoxy groups -OCH3 is 1. The van der Waals surface area contributed by atoms with Gasteiger partial charge in [0.2, 0.25) is 0 Å². The van der Waals surface area contributed by atoms with Gasteiger partial charge in [0, 0.05) is 37.0 Å². The van der Waals surface area contributed by atoms with Crippen LogP contribution in [0.2, 0.25) is 0 Å². The summed E-state index contributed by atoms with van der Waals surface area (Å²) in [5.41, 5.74) is 7.26. The molecule has 2 heterocycles. The highest BCUT2D eigenvalue weighted by molar-refractivity contribution is 5.94. The molecule has 1 atom stereocenters. The molecule has 1 fully saturated rings. The van der Waals surface area contributed by atoms with Crippen molar-refractivity contribution >= 4 is 18.0 Å². The van der Waals surface area contributed by atoms with Crippen LogP contribution in [-0.2, 0) is 16.0 Å². The number of hydrogen-bond donors (Lipinski definition) is 2. The molecule has 38 heavy (non-hydrogen) atoms. The van der Waals surface area contributed by atoms with Gasteiger partial charge in [-0.1, -0.05) is 12.8 Å². The summed E-state index contributed by atoms with van der Waals surface area (Å²) >= 11 is 0. The molecule has 1 aliphatic carbocycles. The van der Waals surface area contributed by atoms with Crippen LogP contribution in [0.1, 0.15) is 77.0 Å². The second-order valence-electron chi connectivity index (χ2n) is 10.4.